The number of nitrogens with one attached hydrogen (secondary N) is 1. The number of carbonyl (C=O) groups is 1. The quantitative estimate of drug-likeness (QED) is 0.568. The molecule has 128 valence electrons. The van der Waals surface area contributed by atoms with E-state index in [4.69, 9.17) is 0 Å². The van der Waals surface area contributed by atoms with Crippen LogP contribution in [0.25, 0.3) is 11.8 Å². The lowest BCUT2D eigenvalue weighted by molar-refractivity contribution is -0.117. The molecule has 1 heterocycles. The van der Waals surface area contributed by atoms with E-state index in [9.17, 15) is 10.1 Å². The maximum Gasteiger partial charge on any atom is 0.262 e. The van der Waals surface area contributed by atoms with Crippen molar-refractivity contribution in [2.45, 2.75) is 13.0 Å². The number of rotatable bonds is 5. The molecule has 3 rings (SSSR count). The molecule has 1 atom stereocenters. The van der Waals surface area contributed by atoms with Crippen molar-refractivity contribution in [3.05, 3.63) is 89.8 Å². The summed E-state index contributed by atoms with van der Waals surface area (Å²) in [7, 11) is 0. The van der Waals surface area contributed by atoms with Crippen LogP contribution in [0.1, 0.15) is 24.1 Å². The van der Waals surface area contributed by atoms with Gasteiger partial charge in [-0.2, -0.15) is 10.4 Å². The Hall–Kier alpha value is -3.65. The van der Waals surface area contributed by atoms with Crippen LogP contribution in [0.5, 0.6) is 0 Å². The van der Waals surface area contributed by atoms with Gasteiger partial charge >= 0.3 is 0 Å². The van der Waals surface area contributed by atoms with Crippen molar-refractivity contribution in [2.75, 3.05) is 0 Å². The van der Waals surface area contributed by atoms with E-state index < -0.39 is 5.91 Å². The van der Waals surface area contributed by atoms with Crippen LogP contribution in [-0.4, -0.2) is 15.7 Å². The Kier molecular flexibility index (Phi) is 5.25. The first-order valence-electron chi connectivity index (χ1n) is 8.25. The highest BCUT2D eigenvalue weighted by molar-refractivity contribution is 6.01. The molecular formula is C21H18N4O. The van der Waals surface area contributed by atoms with Gasteiger partial charge in [0.2, 0.25) is 0 Å². The summed E-state index contributed by atoms with van der Waals surface area (Å²) in [4.78, 5) is 12.4. The lowest BCUT2D eigenvalue weighted by Gasteiger charge is -2.13. The smallest absolute Gasteiger partial charge is 0.262 e. The number of nitriles is 1. The van der Waals surface area contributed by atoms with Gasteiger partial charge in [0.1, 0.15) is 11.6 Å². The minimum atomic E-state index is -0.406. The molecule has 26 heavy (non-hydrogen) atoms. The Bertz CT molecular complexity index is 952. The molecule has 0 bridgehead atoms. The van der Waals surface area contributed by atoms with Crippen LogP contribution in [-0.2, 0) is 4.79 Å². The third-order valence-corrected chi connectivity index (χ3v) is 3.95. The third-order valence-electron chi connectivity index (χ3n) is 3.95. The summed E-state index contributed by atoms with van der Waals surface area (Å²) in [5.74, 6) is -0.406. The van der Waals surface area contributed by atoms with Gasteiger partial charge in [-0.25, -0.2) is 4.68 Å². The molecule has 0 aliphatic rings. The zero-order valence-electron chi connectivity index (χ0n) is 14.3. The number of hydrogen-bond acceptors (Lipinski definition) is 3. The second kappa shape index (κ2) is 7.95. The fourth-order valence-corrected chi connectivity index (χ4v) is 2.55. The Labute approximate surface area is 152 Å². The van der Waals surface area contributed by atoms with Gasteiger partial charge in [-0.15, -0.1) is 0 Å². The third kappa shape index (κ3) is 4.05. The highest BCUT2D eigenvalue weighted by Gasteiger charge is 2.14. The van der Waals surface area contributed by atoms with Crippen LogP contribution >= 0.6 is 0 Å². The van der Waals surface area contributed by atoms with E-state index in [0.717, 1.165) is 11.3 Å². The monoisotopic (exact) mass is 342 g/mol. The lowest BCUT2D eigenvalue weighted by Crippen LogP contribution is -2.27. The fraction of sp³-hybridized carbons (Fsp3) is 0.0952. The zero-order chi connectivity index (χ0) is 18.4. The van der Waals surface area contributed by atoms with Gasteiger partial charge in [0.25, 0.3) is 5.91 Å². The summed E-state index contributed by atoms with van der Waals surface area (Å²) >= 11 is 0. The fourth-order valence-electron chi connectivity index (χ4n) is 2.55. The maximum atomic E-state index is 12.4. The van der Waals surface area contributed by atoms with E-state index >= 15 is 0 Å². The van der Waals surface area contributed by atoms with Crippen LogP contribution in [0.4, 0.5) is 0 Å². The number of nitrogens with zero attached hydrogens (tertiary/aromatic N) is 3. The summed E-state index contributed by atoms with van der Waals surface area (Å²) in [5, 5.41) is 16.5. The van der Waals surface area contributed by atoms with Crippen molar-refractivity contribution in [3.63, 3.8) is 0 Å². The van der Waals surface area contributed by atoms with Crippen molar-refractivity contribution < 1.29 is 4.79 Å². The van der Waals surface area contributed by atoms with Crippen LogP contribution in [0, 0.1) is 11.3 Å². The van der Waals surface area contributed by atoms with Crippen LogP contribution < -0.4 is 5.32 Å². The number of hydrogen-bond donors (Lipinski definition) is 1. The normalized spacial score (nSPS) is 12.2. The minimum absolute atomic E-state index is 0.0420. The predicted molar refractivity (Wildman–Crippen MR) is 100 cm³/mol. The Balaban J connectivity index is 1.75. The summed E-state index contributed by atoms with van der Waals surface area (Å²) in [6, 6.07) is 21.0. The average Bonchev–Trinajstić information content (AvgIpc) is 3.16. The Morgan fingerprint density at radius 1 is 1.15 bits per heavy atom. The number of aromatic nitrogens is 2. The highest BCUT2D eigenvalue weighted by atomic mass is 16.1. The van der Waals surface area contributed by atoms with Gasteiger partial charge in [-0.05, 0) is 30.7 Å². The standard InChI is InChI=1S/C21H18N4O/c1-16(18-8-4-2-5-9-18)24-21(26)19(13-22)12-17-14-23-25(15-17)20-10-6-3-7-11-20/h2-12,14-16H,1H3,(H,24,26)/b19-12+. The van der Waals surface area contributed by atoms with E-state index in [-0.39, 0.29) is 11.6 Å². The first kappa shape index (κ1) is 17.2. The Morgan fingerprint density at radius 3 is 2.46 bits per heavy atom. The molecule has 1 N–H and O–H groups in total. The van der Waals surface area contributed by atoms with Crippen LogP contribution in [0.15, 0.2) is 78.6 Å². The van der Waals surface area contributed by atoms with Crippen molar-refractivity contribution in [1.82, 2.24) is 15.1 Å². The minimum Gasteiger partial charge on any atom is -0.345 e. The summed E-state index contributed by atoms with van der Waals surface area (Å²) < 4.78 is 1.70. The summed E-state index contributed by atoms with van der Waals surface area (Å²) in [5.41, 5.74) is 2.62. The van der Waals surface area contributed by atoms with E-state index in [1.54, 1.807) is 23.2 Å². The van der Waals surface area contributed by atoms with Gasteiger partial charge in [0.05, 0.1) is 17.9 Å². The van der Waals surface area contributed by atoms with Gasteiger partial charge in [0.15, 0.2) is 0 Å². The van der Waals surface area contributed by atoms with Crippen LogP contribution in [0.3, 0.4) is 0 Å². The molecule has 1 unspecified atom stereocenters. The molecular weight excluding hydrogens is 324 g/mol. The maximum absolute atomic E-state index is 12.4. The molecule has 5 heteroatoms. The molecule has 0 aliphatic carbocycles. The average molecular weight is 342 g/mol. The van der Waals surface area contributed by atoms with Crippen molar-refractivity contribution in [3.8, 4) is 11.8 Å². The van der Waals surface area contributed by atoms with E-state index in [2.05, 4.69) is 10.4 Å². The van der Waals surface area contributed by atoms with Crippen molar-refractivity contribution in [2.24, 2.45) is 0 Å². The van der Waals surface area contributed by atoms with E-state index in [1.165, 1.54) is 0 Å². The van der Waals surface area contributed by atoms with Gasteiger partial charge in [-0.1, -0.05) is 48.5 Å². The topological polar surface area (TPSA) is 70.7 Å². The molecule has 0 radical (unpaired) electrons. The second-order valence-corrected chi connectivity index (χ2v) is 5.83. The Morgan fingerprint density at radius 2 is 1.81 bits per heavy atom. The zero-order valence-corrected chi connectivity index (χ0v) is 14.3. The largest absolute Gasteiger partial charge is 0.345 e. The SMILES string of the molecule is CC(NC(=O)/C(C#N)=C/c1cnn(-c2ccccc2)c1)c1ccccc1. The van der Waals surface area contributed by atoms with Crippen molar-refractivity contribution in [1.29, 1.82) is 5.26 Å². The highest BCUT2D eigenvalue weighted by Crippen LogP contribution is 2.14. The molecule has 1 aromatic heterocycles. The molecule has 0 saturated carbocycles. The van der Waals surface area contributed by atoms with Gasteiger partial charge in [-0.3, -0.25) is 4.79 Å². The van der Waals surface area contributed by atoms with Gasteiger partial charge < -0.3 is 5.32 Å². The molecule has 0 fully saturated rings. The molecule has 2 aromatic carbocycles. The molecule has 0 saturated heterocycles. The lowest BCUT2D eigenvalue weighted by atomic mass is 10.1. The van der Waals surface area contributed by atoms with Crippen molar-refractivity contribution >= 4 is 12.0 Å². The summed E-state index contributed by atoms with van der Waals surface area (Å²) in [6.45, 7) is 1.88. The van der Waals surface area contributed by atoms with E-state index in [0.29, 0.717) is 5.56 Å². The second-order valence-electron chi connectivity index (χ2n) is 5.83. The van der Waals surface area contributed by atoms with Crippen LogP contribution in [0.2, 0.25) is 0 Å². The van der Waals surface area contributed by atoms with Gasteiger partial charge in [0, 0.05) is 11.8 Å². The first-order valence-corrected chi connectivity index (χ1v) is 8.25. The predicted octanol–water partition coefficient (Wildman–Crippen LogP) is 3.66. The number of benzene rings is 2. The molecule has 0 aliphatic heterocycles. The number of carbonyl (C=O) groups excluding carboxylic acids is 1. The van der Waals surface area contributed by atoms with E-state index in [1.807, 2.05) is 73.7 Å². The molecule has 1 amide bonds. The summed E-state index contributed by atoms with van der Waals surface area (Å²) in [6.07, 6.45) is 4.94. The number of para-hydroxylation sites is 1. The number of amides is 1. The molecule has 5 nitrogen and oxygen atoms in total. The first-order chi connectivity index (χ1) is 12.7. The molecule has 0 spiro atoms. The molecule has 3 aromatic rings.